The zero-order valence-electron chi connectivity index (χ0n) is 23.9. The number of hydrogen-bond acceptors (Lipinski definition) is 8. The molecule has 6 rings (SSSR count). The van der Waals surface area contributed by atoms with Crippen LogP contribution in [0.25, 0.3) is 16.8 Å². The molecule has 3 aliphatic heterocycles. The van der Waals surface area contributed by atoms with Crippen LogP contribution >= 0.6 is 0 Å². The van der Waals surface area contributed by atoms with Crippen molar-refractivity contribution in [1.29, 1.82) is 0 Å². The van der Waals surface area contributed by atoms with Crippen molar-refractivity contribution >= 4 is 17.3 Å². The molecule has 0 aliphatic carbocycles. The number of amides is 1. The second kappa shape index (κ2) is 11.9. The summed E-state index contributed by atoms with van der Waals surface area (Å²) in [5.74, 6) is 0. The molecule has 1 unspecified atom stereocenters. The normalized spacial score (nSPS) is 20.7. The van der Waals surface area contributed by atoms with Crippen molar-refractivity contribution in [3.63, 3.8) is 0 Å². The van der Waals surface area contributed by atoms with Crippen molar-refractivity contribution in [2.75, 3.05) is 70.7 Å². The van der Waals surface area contributed by atoms with Crippen molar-refractivity contribution in [3.05, 3.63) is 48.4 Å². The summed E-state index contributed by atoms with van der Waals surface area (Å²) in [5.41, 5.74) is 4.60. The summed E-state index contributed by atoms with van der Waals surface area (Å²) in [7, 11) is 0. The molecule has 41 heavy (non-hydrogen) atoms. The number of hydrogen-bond donors (Lipinski definition) is 0. The first-order valence-corrected chi connectivity index (χ1v) is 14.7. The Kier molecular flexibility index (Phi) is 8.10. The Hall–Kier alpha value is -3.28. The van der Waals surface area contributed by atoms with E-state index in [1.807, 2.05) is 43.0 Å². The fourth-order valence-electron chi connectivity index (χ4n) is 6.09. The van der Waals surface area contributed by atoms with Crippen LogP contribution in [0.3, 0.4) is 0 Å². The van der Waals surface area contributed by atoms with Crippen molar-refractivity contribution < 1.29 is 23.4 Å². The van der Waals surface area contributed by atoms with Gasteiger partial charge >= 0.3 is 6.09 Å². The van der Waals surface area contributed by atoms with Gasteiger partial charge in [-0.25, -0.2) is 13.7 Å². The second-order valence-electron chi connectivity index (χ2n) is 11.2. The maximum absolute atomic E-state index is 13.2. The number of aromatic nitrogens is 3. The lowest BCUT2D eigenvalue weighted by Crippen LogP contribution is -2.51. The van der Waals surface area contributed by atoms with Gasteiger partial charge in [0.05, 0.1) is 35.7 Å². The minimum absolute atomic E-state index is 0.0644. The van der Waals surface area contributed by atoms with Crippen LogP contribution in [0.5, 0.6) is 0 Å². The third kappa shape index (κ3) is 5.62. The Morgan fingerprint density at radius 1 is 1.15 bits per heavy atom. The van der Waals surface area contributed by atoms with E-state index in [0.717, 1.165) is 54.0 Å². The number of anilines is 1. The molecule has 1 atom stereocenters. The van der Waals surface area contributed by atoms with E-state index in [1.54, 1.807) is 4.90 Å². The van der Waals surface area contributed by atoms with Crippen LogP contribution in [-0.4, -0.2) is 108 Å². The molecule has 3 fully saturated rings. The Labute approximate surface area is 240 Å². The molecule has 3 saturated heterocycles. The maximum Gasteiger partial charge on any atom is 0.410 e. The van der Waals surface area contributed by atoms with Crippen LogP contribution in [0.4, 0.5) is 14.9 Å². The molecule has 6 heterocycles. The molecule has 0 spiro atoms. The van der Waals surface area contributed by atoms with E-state index in [1.165, 1.54) is 0 Å². The second-order valence-corrected chi connectivity index (χ2v) is 11.2. The third-order valence-corrected chi connectivity index (χ3v) is 8.70. The number of halogens is 1. The SMILES string of the molecule is CCOC1(c2ccc(-c3cc4c(N5CCN(C(=O)OC6COC6)CC5)ccnn4c3)nc2)CCN(C(C)CF)CC1. The monoisotopic (exact) mass is 566 g/mol. The summed E-state index contributed by atoms with van der Waals surface area (Å²) in [4.78, 5) is 23.5. The molecule has 3 aromatic heterocycles. The Balaban J connectivity index is 1.16. The maximum atomic E-state index is 13.2. The first-order valence-electron chi connectivity index (χ1n) is 14.7. The molecule has 0 bridgehead atoms. The summed E-state index contributed by atoms with van der Waals surface area (Å²) in [6.07, 6.45) is 7.00. The molecule has 0 radical (unpaired) electrons. The number of piperidine rings is 1. The number of likely N-dealkylation sites (tertiary alicyclic amines) is 1. The van der Waals surface area contributed by atoms with Crippen LogP contribution in [-0.2, 0) is 19.8 Å². The molecule has 220 valence electrons. The van der Waals surface area contributed by atoms with Crippen LogP contribution in [0.1, 0.15) is 32.3 Å². The molecule has 0 aromatic carbocycles. The van der Waals surface area contributed by atoms with Crippen LogP contribution in [0, 0.1) is 0 Å². The molecule has 10 nitrogen and oxygen atoms in total. The first-order chi connectivity index (χ1) is 20.0. The van der Waals surface area contributed by atoms with Crippen molar-refractivity contribution in [2.45, 2.75) is 44.4 Å². The zero-order valence-corrected chi connectivity index (χ0v) is 23.9. The number of piperazine rings is 1. The zero-order chi connectivity index (χ0) is 28.4. The highest BCUT2D eigenvalue weighted by Crippen LogP contribution is 2.38. The van der Waals surface area contributed by atoms with Crippen molar-refractivity contribution in [2.24, 2.45) is 0 Å². The summed E-state index contributed by atoms with van der Waals surface area (Å²) in [6, 6.07) is 8.26. The molecule has 0 N–H and O–H groups in total. The van der Waals surface area contributed by atoms with Crippen LogP contribution in [0.15, 0.2) is 42.9 Å². The third-order valence-electron chi connectivity index (χ3n) is 8.70. The highest BCUT2D eigenvalue weighted by Gasteiger charge is 2.38. The number of ether oxygens (including phenoxy) is 3. The van der Waals surface area contributed by atoms with Gasteiger partial charge in [-0.1, -0.05) is 6.07 Å². The number of carbonyl (C=O) groups is 1. The predicted molar refractivity (Wildman–Crippen MR) is 153 cm³/mol. The topological polar surface area (TPSA) is 84.7 Å². The van der Waals surface area contributed by atoms with Gasteiger partial charge in [-0.15, -0.1) is 0 Å². The lowest BCUT2D eigenvalue weighted by Gasteiger charge is -2.43. The summed E-state index contributed by atoms with van der Waals surface area (Å²) >= 11 is 0. The summed E-state index contributed by atoms with van der Waals surface area (Å²) < 4.78 is 32.0. The number of pyridine rings is 1. The van der Waals surface area contributed by atoms with Gasteiger partial charge in [0, 0.05) is 81.6 Å². The molecular formula is C30H39FN6O4. The van der Waals surface area contributed by atoms with Gasteiger partial charge in [0.1, 0.15) is 6.67 Å². The fourth-order valence-corrected chi connectivity index (χ4v) is 6.09. The number of nitrogens with zero attached hydrogens (tertiary/aromatic N) is 6. The molecule has 0 saturated carbocycles. The van der Waals surface area contributed by atoms with E-state index in [2.05, 4.69) is 33.1 Å². The van der Waals surface area contributed by atoms with E-state index in [0.29, 0.717) is 46.0 Å². The Bertz CT molecular complexity index is 1330. The van der Waals surface area contributed by atoms with Crippen molar-refractivity contribution in [3.8, 4) is 11.3 Å². The molecular weight excluding hydrogens is 527 g/mol. The molecule has 11 heteroatoms. The summed E-state index contributed by atoms with van der Waals surface area (Å²) in [6.45, 7) is 9.45. The van der Waals surface area contributed by atoms with Crippen LogP contribution in [0.2, 0.25) is 0 Å². The van der Waals surface area contributed by atoms with Gasteiger partial charge < -0.3 is 24.0 Å². The van der Waals surface area contributed by atoms with E-state index in [9.17, 15) is 9.18 Å². The fraction of sp³-hybridized carbons (Fsp3) is 0.567. The smallest absolute Gasteiger partial charge is 0.410 e. The quantitative estimate of drug-likeness (QED) is 0.408. The lowest BCUT2D eigenvalue weighted by atomic mass is 9.84. The minimum atomic E-state index is -0.396. The minimum Gasteiger partial charge on any atom is -0.441 e. The highest BCUT2D eigenvalue weighted by molar-refractivity contribution is 5.79. The Morgan fingerprint density at radius 3 is 2.56 bits per heavy atom. The van der Waals surface area contributed by atoms with Gasteiger partial charge in [0.2, 0.25) is 0 Å². The number of rotatable bonds is 8. The summed E-state index contributed by atoms with van der Waals surface area (Å²) in [5, 5.41) is 4.54. The van der Waals surface area contributed by atoms with Gasteiger partial charge in [0.25, 0.3) is 0 Å². The van der Waals surface area contributed by atoms with E-state index < -0.39 is 5.60 Å². The highest BCUT2D eigenvalue weighted by atomic mass is 19.1. The molecule has 1 amide bonds. The average Bonchev–Trinajstić information content (AvgIpc) is 3.44. The van der Waals surface area contributed by atoms with Crippen LogP contribution < -0.4 is 4.90 Å². The van der Waals surface area contributed by atoms with E-state index in [4.69, 9.17) is 19.2 Å². The van der Waals surface area contributed by atoms with Gasteiger partial charge in [-0.05, 0) is 44.9 Å². The first kappa shape index (κ1) is 27.9. The van der Waals surface area contributed by atoms with Gasteiger partial charge in [0.15, 0.2) is 6.10 Å². The van der Waals surface area contributed by atoms with E-state index >= 15 is 0 Å². The Morgan fingerprint density at radius 2 is 1.93 bits per heavy atom. The molecule has 3 aliphatic rings. The molecule has 3 aromatic rings. The standard InChI is InChI=1S/C30H39FN6O4/c1-3-40-30(7-10-34(11-8-30)22(2)17-31)24-4-5-26(32-18-24)23-16-28-27(6-9-33-37(28)19-23)35-12-14-36(15-13-35)29(38)41-25-20-39-21-25/h4-6,9,16,18-19,22,25H,3,7-8,10-15,17,20-21H2,1-2H3. The average molecular weight is 567 g/mol. The number of fused-ring (bicyclic) bond motifs is 1. The largest absolute Gasteiger partial charge is 0.441 e. The predicted octanol–water partition coefficient (Wildman–Crippen LogP) is 3.74. The van der Waals surface area contributed by atoms with Gasteiger partial charge in [-0.2, -0.15) is 5.10 Å². The number of carbonyl (C=O) groups excluding carboxylic acids is 1. The number of alkyl halides is 1. The lowest BCUT2D eigenvalue weighted by molar-refractivity contribution is -0.104. The van der Waals surface area contributed by atoms with Crippen molar-refractivity contribution in [1.82, 2.24) is 24.4 Å². The van der Waals surface area contributed by atoms with Gasteiger partial charge in [-0.3, -0.25) is 9.88 Å². The van der Waals surface area contributed by atoms with E-state index in [-0.39, 0.29) is 24.9 Å².